The quantitative estimate of drug-likeness (QED) is 0.818. The predicted octanol–water partition coefficient (Wildman–Crippen LogP) is 2.32. The molecule has 2 unspecified atom stereocenters. The van der Waals surface area contributed by atoms with Crippen LogP contribution >= 0.6 is 0 Å². The van der Waals surface area contributed by atoms with Crippen molar-refractivity contribution in [3.8, 4) is 5.88 Å². The smallest absolute Gasteiger partial charge is 0.388 e. The number of halogens is 4. The predicted molar refractivity (Wildman–Crippen MR) is 69.1 cm³/mol. The molecule has 2 atom stereocenters. The molecule has 0 bridgehead atoms. The van der Waals surface area contributed by atoms with E-state index in [2.05, 4.69) is 20.4 Å². The summed E-state index contributed by atoms with van der Waals surface area (Å²) in [6, 6.07) is 1.64. The number of carbonyl (C=O) groups is 1. The molecule has 1 aromatic rings. The van der Waals surface area contributed by atoms with Gasteiger partial charge in [-0.2, -0.15) is 8.78 Å². The molecule has 2 amide bonds. The number of rotatable bonds is 5. The van der Waals surface area contributed by atoms with Crippen molar-refractivity contribution >= 4 is 6.03 Å². The largest absolute Gasteiger partial charge is 0.417 e. The SMILES string of the molecule is O=C(NCc1ccnc(OC(F)F)c1)NC1CC(F)C(F)C1. The Morgan fingerprint density at radius 2 is 2.05 bits per heavy atom. The van der Waals surface area contributed by atoms with Crippen LogP contribution in [-0.4, -0.2) is 36.0 Å². The highest BCUT2D eigenvalue weighted by molar-refractivity contribution is 5.74. The van der Waals surface area contributed by atoms with E-state index in [9.17, 15) is 22.4 Å². The number of alkyl halides is 4. The summed E-state index contributed by atoms with van der Waals surface area (Å²) >= 11 is 0. The first-order chi connectivity index (χ1) is 10.4. The highest BCUT2D eigenvalue weighted by atomic mass is 19.3. The van der Waals surface area contributed by atoms with Crippen molar-refractivity contribution in [3.05, 3.63) is 23.9 Å². The van der Waals surface area contributed by atoms with E-state index in [1.54, 1.807) is 0 Å². The molecule has 1 saturated carbocycles. The molecular weight excluding hydrogens is 306 g/mol. The second kappa shape index (κ2) is 7.28. The Morgan fingerprint density at radius 3 is 2.68 bits per heavy atom. The molecule has 122 valence electrons. The number of nitrogens with zero attached hydrogens (tertiary/aromatic N) is 1. The molecule has 2 rings (SSSR count). The van der Waals surface area contributed by atoms with Gasteiger partial charge in [0, 0.05) is 37.7 Å². The first kappa shape index (κ1) is 16.3. The van der Waals surface area contributed by atoms with Gasteiger partial charge in [-0.1, -0.05) is 0 Å². The fourth-order valence-electron chi connectivity index (χ4n) is 2.19. The van der Waals surface area contributed by atoms with Crippen LogP contribution in [0.5, 0.6) is 5.88 Å². The molecule has 1 aliphatic carbocycles. The minimum absolute atomic E-state index is 0.0405. The highest BCUT2D eigenvalue weighted by Gasteiger charge is 2.35. The van der Waals surface area contributed by atoms with Crippen molar-refractivity contribution in [1.29, 1.82) is 0 Å². The Kier molecular flexibility index (Phi) is 5.40. The minimum Gasteiger partial charge on any atom is -0.417 e. The van der Waals surface area contributed by atoms with E-state index in [4.69, 9.17) is 0 Å². The van der Waals surface area contributed by atoms with Crippen molar-refractivity contribution in [2.24, 2.45) is 0 Å². The lowest BCUT2D eigenvalue weighted by molar-refractivity contribution is -0.0529. The molecule has 5 nitrogen and oxygen atoms in total. The van der Waals surface area contributed by atoms with Crippen molar-refractivity contribution in [3.63, 3.8) is 0 Å². The van der Waals surface area contributed by atoms with Crippen LogP contribution in [0, 0.1) is 0 Å². The van der Waals surface area contributed by atoms with Gasteiger partial charge < -0.3 is 15.4 Å². The van der Waals surface area contributed by atoms with Crippen molar-refractivity contribution < 1.29 is 27.1 Å². The molecule has 1 heterocycles. The van der Waals surface area contributed by atoms with Crippen LogP contribution in [-0.2, 0) is 6.54 Å². The van der Waals surface area contributed by atoms with Gasteiger partial charge in [0.25, 0.3) is 0 Å². The topological polar surface area (TPSA) is 63.2 Å². The van der Waals surface area contributed by atoms with Gasteiger partial charge in [0.1, 0.15) is 12.3 Å². The molecule has 22 heavy (non-hydrogen) atoms. The Morgan fingerprint density at radius 1 is 1.36 bits per heavy atom. The monoisotopic (exact) mass is 321 g/mol. The van der Waals surface area contributed by atoms with Crippen LogP contribution in [0.25, 0.3) is 0 Å². The molecule has 9 heteroatoms. The molecule has 2 N–H and O–H groups in total. The lowest BCUT2D eigenvalue weighted by Crippen LogP contribution is -2.40. The van der Waals surface area contributed by atoms with E-state index in [1.807, 2.05) is 0 Å². The van der Waals surface area contributed by atoms with Gasteiger partial charge >= 0.3 is 12.6 Å². The zero-order chi connectivity index (χ0) is 16.1. The molecule has 1 aromatic heterocycles. The van der Waals surface area contributed by atoms with Gasteiger partial charge in [0.15, 0.2) is 0 Å². The third-order valence-corrected chi connectivity index (χ3v) is 3.21. The molecule has 0 saturated heterocycles. The second-order valence-corrected chi connectivity index (χ2v) is 4.91. The highest BCUT2D eigenvalue weighted by Crippen LogP contribution is 2.25. The Hall–Kier alpha value is -2.06. The molecule has 1 fully saturated rings. The van der Waals surface area contributed by atoms with Gasteiger partial charge in [-0.05, 0) is 11.6 Å². The van der Waals surface area contributed by atoms with Gasteiger partial charge in [-0.25, -0.2) is 18.6 Å². The number of pyridine rings is 1. The number of hydrogen-bond donors (Lipinski definition) is 2. The number of carbonyl (C=O) groups excluding carboxylic acids is 1. The summed E-state index contributed by atoms with van der Waals surface area (Å²) in [4.78, 5) is 15.2. The fourth-order valence-corrected chi connectivity index (χ4v) is 2.19. The number of hydrogen-bond acceptors (Lipinski definition) is 3. The van der Waals surface area contributed by atoms with E-state index in [0.717, 1.165) is 0 Å². The minimum atomic E-state index is -2.98. The molecule has 1 aliphatic rings. The first-order valence-corrected chi connectivity index (χ1v) is 6.66. The third-order valence-electron chi connectivity index (χ3n) is 3.21. The Bertz CT molecular complexity index is 508. The zero-order valence-corrected chi connectivity index (χ0v) is 11.4. The lowest BCUT2D eigenvalue weighted by Gasteiger charge is -2.13. The average molecular weight is 321 g/mol. The van der Waals surface area contributed by atoms with Crippen molar-refractivity contribution in [2.75, 3.05) is 0 Å². The molecule has 0 radical (unpaired) electrons. The van der Waals surface area contributed by atoms with Crippen molar-refractivity contribution in [1.82, 2.24) is 15.6 Å². The first-order valence-electron chi connectivity index (χ1n) is 6.66. The number of aromatic nitrogens is 1. The summed E-state index contributed by atoms with van der Waals surface area (Å²) in [5.41, 5.74) is 0.499. The Labute approximate surface area is 124 Å². The number of ether oxygens (including phenoxy) is 1. The van der Waals surface area contributed by atoms with Crippen molar-refractivity contribution in [2.45, 2.75) is 44.4 Å². The summed E-state index contributed by atoms with van der Waals surface area (Å²) in [5.74, 6) is -0.258. The maximum atomic E-state index is 13.0. The maximum Gasteiger partial charge on any atom is 0.388 e. The van der Waals surface area contributed by atoms with Gasteiger partial charge in [0.2, 0.25) is 5.88 Å². The van der Waals surface area contributed by atoms with E-state index >= 15 is 0 Å². The number of nitrogens with one attached hydrogen (secondary N) is 2. The van der Waals surface area contributed by atoms with E-state index in [1.165, 1.54) is 18.3 Å². The normalized spacial score (nSPS) is 24.3. The van der Waals surface area contributed by atoms with E-state index in [-0.39, 0.29) is 25.3 Å². The fraction of sp³-hybridized carbons (Fsp3) is 0.538. The van der Waals surface area contributed by atoms with Gasteiger partial charge in [0.05, 0.1) is 0 Å². The molecular formula is C13H15F4N3O2. The molecule has 0 aliphatic heterocycles. The van der Waals surface area contributed by atoms with E-state index < -0.39 is 31.0 Å². The van der Waals surface area contributed by atoms with Crippen LogP contribution in [0.3, 0.4) is 0 Å². The zero-order valence-electron chi connectivity index (χ0n) is 11.4. The van der Waals surface area contributed by atoms with Crippen LogP contribution in [0.1, 0.15) is 18.4 Å². The molecule has 0 aromatic carbocycles. The van der Waals surface area contributed by atoms with Gasteiger partial charge in [-0.15, -0.1) is 0 Å². The van der Waals surface area contributed by atoms with Crippen LogP contribution in [0.2, 0.25) is 0 Å². The van der Waals surface area contributed by atoms with Crippen LogP contribution in [0.15, 0.2) is 18.3 Å². The number of amides is 2. The second-order valence-electron chi connectivity index (χ2n) is 4.91. The van der Waals surface area contributed by atoms with Gasteiger partial charge in [-0.3, -0.25) is 0 Å². The standard InChI is InChI=1S/C13H15F4N3O2/c14-9-4-8(5-10(9)15)20-13(21)19-6-7-1-2-18-11(3-7)22-12(16)17/h1-3,8-10,12H,4-6H2,(H2,19,20,21). The lowest BCUT2D eigenvalue weighted by atomic mass is 10.2. The van der Waals surface area contributed by atoms with Crippen LogP contribution in [0.4, 0.5) is 22.4 Å². The Balaban J connectivity index is 1.79. The third kappa shape index (κ3) is 4.74. The summed E-state index contributed by atoms with van der Waals surface area (Å²) < 4.78 is 54.2. The van der Waals surface area contributed by atoms with E-state index in [0.29, 0.717) is 5.56 Å². The average Bonchev–Trinajstić information content (AvgIpc) is 2.74. The number of urea groups is 1. The maximum absolute atomic E-state index is 13.0. The molecule has 0 spiro atoms. The summed E-state index contributed by atoms with van der Waals surface area (Å²) in [7, 11) is 0. The van der Waals surface area contributed by atoms with Crippen LogP contribution < -0.4 is 15.4 Å². The summed E-state index contributed by atoms with van der Waals surface area (Å²) in [6.45, 7) is -2.94. The summed E-state index contributed by atoms with van der Waals surface area (Å²) in [6.07, 6.45) is -1.96. The summed E-state index contributed by atoms with van der Waals surface area (Å²) in [5, 5.41) is 4.93.